The highest BCUT2D eigenvalue weighted by molar-refractivity contribution is 7.84. The van der Waals surface area contributed by atoms with Crippen molar-refractivity contribution in [3.63, 3.8) is 0 Å². The van der Waals surface area contributed by atoms with Gasteiger partial charge in [0.2, 0.25) is 0 Å². The third kappa shape index (κ3) is 4.54. The van der Waals surface area contributed by atoms with Crippen molar-refractivity contribution in [2.45, 2.75) is 45.1 Å². The Kier molecular flexibility index (Phi) is 6.53. The van der Waals surface area contributed by atoms with Crippen LogP contribution in [0.4, 0.5) is 8.78 Å². The van der Waals surface area contributed by atoms with E-state index in [1.54, 1.807) is 24.3 Å². The van der Waals surface area contributed by atoms with Gasteiger partial charge in [-0.25, -0.2) is 13.5 Å². The Morgan fingerprint density at radius 3 is 2.74 bits per heavy atom. The van der Waals surface area contributed by atoms with Crippen LogP contribution in [0.1, 0.15) is 49.1 Å². The van der Waals surface area contributed by atoms with Gasteiger partial charge in [-0.1, -0.05) is 19.4 Å². The van der Waals surface area contributed by atoms with Gasteiger partial charge in [-0.3, -0.25) is 4.21 Å². The molecule has 5 rings (SSSR count). The molecular formula is C27H30F2N2O3S. The van der Waals surface area contributed by atoms with Crippen molar-refractivity contribution in [3.8, 4) is 11.4 Å². The van der Waals surface area contributed by atoms with E-state index in [2.05, 4.69) is 12.0 Å². The minimum atomic E-state index is -1.22. The van der Waals surface area contributed by atoms with Crippen LogP contribution in [0, 0.1) is 28.9 Å². The monoisotopic (exact) mass is 500 g/mol. The Labute approximate surface area is 206 Å². The van der Waals surface area contributed by atoms with Crippen LogP contribution in [0.25, 0.3) is 5.69 Å². The van der Waals surface area contributed by atoms with E-state index in [1.807, 2.05) is 10.9 Å². The fourth-order valence-electron chi connectivity index (χ4n) is 6.09. The molecule has 5 atom stereocenters. The molecule has 0 amide bonds. The highest BCUT2D eigenvalue weighted by Crippen LogP contribution is 2.55. The van der Waals surface area contributed by atoms with E-state index < -0.39 is 22.7 Å². The maximum Gasteiger partial charge on any atom is 0.165 e. The van der Waals surface area contributed by atoms with Crippen LogP contribution >= 0.6 is 0 Å². The Morgan fingerprint density at radius 2 is 2.00 bits per heavy atom. The van der Waals surface area contributed by atoms with Crippen LogP contribution in [-0.2, 0) is 23.6 Å². The lowest BCUT2D eigenvalue weighted by molar-refractivity contribution is -0.0490. The highest BCUT2D eigenvalue weighted by Gasteiger charge is 2.50. The van der Waals surface area contributed by atoms with Gasteiger partial charge in [-0.05, 0) is 90.5 Å². The van der Waals surface area contributed by atoms with E-state index in [4.69, 9.17) is 4.74 Å². The molecule has 186 valence electrons. The van der Waals surface area contributed by atoms with Crippen LogP contribution in [0.15, 0.2) is 48.7 Å². The summed E-state index contributed by atoms with van der Waals surface area (Å²) in [5.41, 5.74) is 3.61. The topological polar surface area (TPSA) is 64.3 Å². The Bertz CT molecular complexity index is 1250. The SMILES string of the molecule is CS(=O)COc1cc([C@H](O)[C@H]2CCCC3Cc4c(cnn4-c4ccc(F)cc4)C[C@@]32C)ccc1F. The van der Waals surface area contributed by atoms with Crippen molar-refractivity contribution in [2.24, 2.45) is 17.3 Å². The first-order valence-corrected chi connectivity index (χ1v) is 13.7. The van der Waals surface area contributed by atoms with Gasteiger partial charge in [0.25, 0.3) is 0 Å². The lowest BCUT2D eigenvalue weighted by atomic mass is 9.53. The predicted molar refractivity (Wildman–Crippen MR) is 131 cm³/mol. The Balaban J connectivity index is 1.43. The van der Waals surface area contributed by atoms with Gasteiger partial charge in [0, 0.05) is 11.9 Å². The lowest BCUT2D eigenvalue weighted by Crippen LogP contribution is -2.46. The van der Waals surface area contributed by atoms with Crippen LogP contribution < -0.4 is 4.74 Å². The summed E-state index contributed by atoms with van der Waals surface area (Å²) in [6.07, 6.45) is 7.19. The molecule has 2 aliphatic carbocycles. The summed E-state index contributed by atoms with van der Waals surface area (Å²) in [7, 11) is -1.22. The first-order valence-electron chi connectivity index (χ1n) is 12.0. The molecule has 5 nitrogen and oxygen atoms in total. The second kappa shape index (κ2) is 9.47. The third-order valence-electron chi connectivity index (χ3n) is 7.94. The van der Waals surface area contributed by atoms with Crippen LogP contribution in [0.5, 0.6) is 5.75 Å². The van der Waals surface area contributed by atoms with Gasteiger partial charge < -0.3 is 9.84 Å². The van der Waals surface area contributed by atoms with E-state index in [-0.39, 0.29) is 28.8 Å². The van der Waals surface area contributed by atoms with Crippen molar-refractivity contribution >= 4 is 10.8 Å². The van der Waals surface area contributed by atoms with Crippen LogP contribution in [0.2, 0.25) is 0 Å². The lowest BCUT2D eigenvalue weighted by Gasteiger charge is -2.52. The molecule has 1 aromatic heterocycles. The molecule has 0 saturated heterocycles. The van der Waals surface area contributed by atoms with Gasteiger partial charge in [-0.15, -0.1) is 0 Å². The quantitative estimate of drug-likeness (QED) is 0.510. The average Bonchev–Trinajstić information content (AvgIpc) is 3.23. The molecule has 0 aliphatic heterocycles. The molecule has 1 fully saturated rings. The van der Waals surface area contributed by atoms with Gasteiger partial charge >= 0.3 is 0 Å². The first kappa shape index (κ1) is 24.1. The Hall–Kier alpha value is -2.58. The van der Waals surface area contributed by atoms with E-state index in [0.717, 1.165) is 49.0 Å². The number of halogens is 2. The number of rotatable bonds is 6. The normalized spacial score (nSPS) is 25.4. The summed E-state index contributed by atoms with van der Waals surface area (Å²) in [4.78, 5) is 0. The summed E-state index contributed by atoms with van der Waals surface area (Å²) < 4.78 is 46.4. The molecule has 1 saturated carbocycles. The number of hydrogen-bond acceptors (Lipinski definition) is 4. The summed E-state index contributed by atoms with van der Waals surface area (Å²) in [6.45, 7) is 2.25. The van der Waals surface area contributed by atoms with Crippen molar-refractivity contribution < 1.29 is 22.8 Å². The highest BCUT2D eigenvalue weighted by atomic mass is 32.2. The number of benzene rings is 2. The molecule has 3 aromatic rings. The molecule has 0 bridgehead atoms. The fourth-order valence-corrected chi connectivity index (χ4v) is 6.38. The molecule has 2 unspecified atom stereocenters. The smallest absolute Gasteiger partial charge is 0.165 e. The van der Waals surface area contributed by atoms with Crippen LogP contribution in [0.3, 0.4) is 0 Å². The van der Waals surface area contributed by atoms with E-state index in [0.29, 0.717) is 11.5 Å². The Morgan fingerprint density at radius 1 is 1.23 bits per heavy atom. The summed E-state index contributed by atoms with van der Waals surface area (Å²) in [5.74, 6) is -0.542. The summed E-state index contributed by atoms with van der Waals surface area (Å²) in [5, 5.41) is 16.1. The molecule has 35 heavy (non-hydrogen) atoms. The standard InChI is InChI=1S/C27H30F2N2O3S/c1-27-14-18-15-30-31(21-9-7-20(28)8-10-21)24(18)13-19(27)4-3-5-22(27)26(32)17-6-11-23(29)25(12-17)34-16-35(2)33/h6-12,15,19,22,26,32H,3-5,13-14,16H2,1-2H3/t19?,22-,26+,27+,35?/m1/s1. The third-order valence-corrected chi connectivity index (χ3v) is 8.39. The maximum absolute atomic E-state index is 14.3. The zero-order chi connectivity index (χ0) is 24.7. The number of aliphatic hydroxyl groups excluding tert-OH is 1. The zero-order valence-corrected chi connectivity index (χ0v) is 20.7. The molecule has 8 heteroatoms. The minimum Gasteiger partial charge on any atom is -0.477 e. The summed E-state index contributed by atoms with van der Waals surface area (Å²) in [6, 6.07) is 10.8. The van der Waals surface area contributed by atoms with Crippen LogP contribution in [-0.4, -0.2) is 31.3 Å². The van der Waals surface area contributed by atoms with Crippen molar-refractivity contribution in [1.82, 2.24) is 9.78 Å². The largest absolute Gasteiger partial charge is 0.477 e. The minimum absolute atomic E-state index is 0.0119. The van der Waals surface area contributed by atoms with Gasteiger partial charge in [0.05, 0.1) is 28.8 Å². The van der Waals surface area contributed by atoms with Crippen molar-refractivity contribution in [2.75, 3.05) is 12.2 Å². The molecular weight excluding hydrogens is 470 g/mol. The number of nitrogens with zero attached hydrogens (tertiary/aromatic N) is 2. The molecule has 2 aromatic carbocycles. The van der Waals surface area contributed by atoms with E-state index in [1.165, 1.54) is 24.5 Å². The zero-order valence-electron chi connectivity index (χ0n) is 19.9. The van der Waals surface area contributed by atoms with Gasteiger partial charge in [0.1, 0.15) is 5.82 Å². The molecule has 1 heterocycles. The molecule has 2 aliphatic rings. The van der Waals surface area contributed by atoms with Crippen molar-refractivity contribution in [3.05, 3.63) is 77.1 Å². The molecule has 0 radical (unpaired) electrons. The first-order chi connectivity index (χ1) is 16.8. The second-order valence-corrected chi connectivity index (χ2v) is 11.5. The van der Waals surface area contributed by atoms with E-state index >= 15 is 0 Å². The average molecular weight is 501 g/mol. The fraction of sp³-hybridized carbons (Fsp3) is 0.444. The molecule has 1 N–H and O–H groups in total. The van der Waals surface area contributed by atoms with Crippen molar-refractivity contribution in [1.29, 1.82) is 0 Å². The number of aliphatic hydroxyl groups is 1. The number of ether oxygens (including phenoxy) is 1. The number of fused-ring (bicyclic) bond motifs is 2. The van der Waals surface area contributed by atoms with Gasteiger partial charge in [-0.2, -0.15) is 5.10 Å². The molecule has 0 spiro atoms. The van der Waals surface area contributed by atoms with E-state index in [9.17, 15) is 18.1 Å². The van der Waals surface area contributed by atoms with Gasteiger partial charge in [0.15, 0.2) is 17.5 Å². The number of hydrogen-bond donors (Lipinski definition) is 1. The maximum atomic E-state index is 14.3. The number of aromatic nitrogens is 2. The second-order valence-electron chi connectivity index (χ2n) is 10.1. The summed E-state index contributed by atoms with van der Waals surface area (Å²) >= 11 is 0. The predicted octanol–water partition coefficient (Wildman–Crippen LogP) is 5.12.